The van der Waals surface area contributed by atoms with Crippen LogP contribution < -0.4 is 10.2 Å². The average molecular weight is 380 g/mol. The summed E-state index contributed by atoms with van der Waals surface area (Å²) in [4.78, 5) is 7.67. The number of rotatable bonds is 5. The molecule has 7 heteroatoms. The van der Waals surface area contributed by atoms with E-state index >= 15 is 0 Å². The molecule has 0 saturated carbocycles. The first kappa shape index (κ1) is 16.9. The number of aromatic amines is 1. The largest absolute Gasteiger partial charge is 0.457 e. The smallest absolute Gasteiger partial charge is 0.265 e. The molecular weight excluding hydrogens is 364 g/mol. The molecule has 0 aliphatic carbocycles. The molecule has 7 nitrogen and oxygen atoms in total. The minimum absolute atomic E-state index is 0.317. The highest BCUT2D eigenvalue weighted by molar-refractivity contribution is 6.03. The zero-order chi connectivity index (χ0) is 19.5. The first-order valence-electron chi connectivity index (χ1n) is 9.08. The van der Waals surface area contributed by atoms with Gasteiger partial charge < -0.3 is 9.72 Å². The van der Waals surface area contributed by atoms with Crippen molar-refractivity contribution in [3.63, 3.8) is 0 Å². The van der Waals surface area contributed by atoms with Crippen LogP contribution in [0.3, 0.4) is 0 Å². The highest BCUT2D eigenvalue weighted by Gasteiger charge is 2.07. The van der Waals surface area contributed by atoms with Crippen LogP contribution in [-0.2, 0) is 0 Å². The van der Waals surface area contributed by atoms with E-state index in [4.69, 9.17) is 4.74 Å². The van der Waals surface area contributed by atoms with Crippen molar-refractivity contribution in [3.05, 3.63) is 84.4 Å². The maximum atomic E-state index is 5.84. The lowest BCUT2D eigenvalue weighted by Crippen LogP contribution is -1.99. The van der Waals surface area contributed by atoms with E-state index in [2.05, 4.69) is 30.7 Å². The Hall–Kier alpha value is -4.26. The van der Waals surface area contributed by atoms with Crippen molar-refractivity contribution in [1.29, 1.82) is 0 Å². The normalized spacial score (nSPS) is 11.3. The summed E-state index contributed by atoms with van der Waals surface area (Å²) in [6.45, 7) is 0. The molecule has 140 valence electrons. The van der Waals surface area contributed by atoms with E-state index in [1.54, 1.807) is 6.21 Å². The zero-order valence-corrected chi connectivity index (χ0v) is 15.3. The standard InChI is InChI=1S/C22H16N6O/c1-2-8-16(9-3-1)29-17-10-6-7-15(13-17)14-23-27-22-25-21-20(26-28-22)18-11-4-5-12-19(18)24-21/h1-14H,(H2,24,25,27,28)/b23-14+. The number of benzene rings is 3. The van der Waals surface area contributed by atoms with Crippen LogP contribution in [0.2, 0.25) is 0 Å². The molecule has 0 saturated heterocycles. The van der Waals surface area contributed by atoms with Gasteiger partial charge in [0.25, 0.3) is 5.95 Å². The third-order valence-electron chi connectivity index (χ3n) is 4.34. The molecule has 2 N–H and O–H groups in total. The highest BCUT2D eigenvalue weighted by atomic mass is 16.5. The van der Waals surface area contributed by atoms with Crippen LogP contribution in [0.1, 0.15) is 5.56 Å². The van der Waals surface area contributed by atoms with Crippen LogP contribution in [0.15, 0.2) is 84.0 Å². The van der Waals surface area contributed by atoms with Gasteiger partial charge in [0.2, 0.25) is 0 Å². The molecule has 0 bridgehead atoms. The van der Waals surface area contributed by atoms with Crippen molar-refractivity contribution in [1.82, 2.24) is 20.2 Å². The Morgan fingerprint density at radius 3 is 2.62 bits per heavy atom. The molecule has 0 amide bonds. The van der Waals surface area contributed by atoms with Gasteiger partial charge in [-0.1, -0.05) is 48.5 Å². The lowest BCUT2D eigenvalue weighted by Gasteiger charge is -2.05. The van der Waals surface area contributed by atoms with Crippen LogP contribution in [0.4, 0.5) is 5.95 Å². The zero-order valence-electron chi connectivity index (χ0n) is 15.3. The minimum atomic E-state index is 0.317. The summed E-state index contributed by atoms with van der Waals surface area (Å²) in [5.41, 5.74) is 6.08. The van der Waals surface area contributed by atoms with Crippen molar-refractivity contribution >= 4 is 34.2 Å². The fourth-order valence-corrected chi connectivity index (χ4v) is 3.02. The van der Waals surface area contributed by atoms with Crippen LogP contribution in [0.5, 0.6) is 11.5 Å². The fraction of sp³-hybridized carbons (Fsp3) is 0. The lowest BCUT2D eigenvalue weighted by atomic mass is 10.2. The quantitative estimate of drug-likeness (QED) is 0.339. The van der Waals surface area contributed by atoms with Crippen molar-refractivity contribution in [2.45, 2.75) is 0 Å². The van der Waals surface area contributed by atoms with Crippen molar-refractivity contribution in [3.8, 4) is 11.5 Å². The molecule has 0 fully saturated rings. The Labute approximate surface area is 166 Å². The van der Waals surface area contributed by atoms with Crippen LogP contribution in [0, 0.1) is 0 Å². The molecule has 0 radical (unpaired) electrons. The second kappa shape index (κ2) is 7.40. The number of para-hydroxylation sites is 2. The number of anilines is 1. The predicted molar refractivity (Wildman–Crippen MR) is 113 cm³/mol. The Balaban J connectivity index is 1.32. The van der Waals surface area contributed by atoms with Crippen molar-refractivity contribution in [2.24, 2.45) is 5.10 Å². The Kier molecular flexibility index (Phi) is 4.31. The Bertz CT molecular complexity index is 1310. The number of ether oxygens (including phenoxy) is 1. The summed E-state index contributed by atoms with van der Waals surface area (Å²) in [5.74, 6) is 1.83. The summed E-state index contributed by atoms with van der Waals surface area (Å²) in [5, 5.41) is 13.6. The second-order valence-corrected chi connectivity index (χ2v) is 6.36. The molecule has 3 aromatic carbocycles. The van der Waals surface area contributed by atoms with Crippen molar-refractivity contribution in [2.75, 3.05) is 5.43 Å². The Morgan fingerprint density at radius 1 is 0.862 bits per heavy atom. The first-order valence-corrected chi connectivity index (χ1v) is 9.08. The van der Waals surface area contributed by atoms with E-state index in [0.717, 1.165) is 33.5 Å². The molecule has 5 rings (SSSR count). The lowest BCUT2D eigenvalue weighted by molar-refractivity contribution is 0.482. The maximum Gasteiger partial charge on any atom is 0.265 e. The molecule has 0 aliphatic heterocycles. The predicted octanol–water partition coefficient (Wildman–Crippen LogP) is 4.74. The molecule has 0 atom stereocenters. The van der Waals surface area contributed by atoms with Crippen LogP contribution in [0.25, 0.3) is 22.1 Å². The second-order valence-electron chi connectivity index (χ2n) is 6.36. The third-order valence-corrected chi connectivity index (χ3v) is 4.34. The van der Waals surface area contributed by atoms with Crippen LogP contribution in [-0.4, -0.2) is 26.4 Å². The van der Waals surface area contributed by atoms with Gasteiger partial charge in [0.15, 0.2) is 5.65 Å². The summed E-state index contributed by atoms with van der Waals surface area (Å²) in [6, 6.07) is 25.2. The molecule has 5 aromatic rings. The number of hydrazone groups is 1. The minimum Gasteiger partial charge on any atom is -0.457 e. The summed E-state index contributed by atoms with van der Waals surface area (Å²) in [6.07, 6.45) is 1.68. The molecule has 0 unspecified atom stereocenters. The van der Waals surface area contributed by atoms with Gasteiger partial charge in [-0.3, -0.25) is 0 Å². The molecule has 2 aromatic heterocycles. The van der Waals surface area contributed by atoms with Gasteiger partial charge in [-0.25, -0.2) is 5.43 Å². The molecule has 0 aliphatic rings. The number of nitrogens with zero attached hydrogens (tertiary/aromatic N) is 4. The molecule has 0 spiro atoms. The van der Waals surface area contributed by atoms with Crippen LogP contribution >= 0.6 is 0 Å². The van der Waals surface area contributed by atoms with Gasteiger partial charge >= 0.3 is 0 Å². The topological polar surface area (TPSA) is 88.1 Å². The van der Waals surface area contributed by atoms with E-state index in [9.17, 15) is 0 Å². The van der Waals surface area contributed by atoms with E-state index in [-0.39, 0.29) is 0 Å². The van der Waals surface area contributed by atoms with Crippen molar-refractivity contribution < 1.29 is 4.74 Å². The van der Waals surface area contributed by atoms with E-state index < -0.39 is 0 Å². The van der Waals surface area contributed by atoms with Gasteiger partial charge in [-0.05, 0) is 35.9 Å². The number of aromatic nitrogens is 4. The Morgan fingerprint density at radius 2 is 1.69 bits per heavy atom. The van der Waals surface area contributed by atoms with Gasteiger partial charge in [0, 0.05) is 10.9 Å². The van der Waals surface area contributed by atoms with E-state index in [1.165, 1.54) is 0 Å². The van der Waals surface area contributed by atoms with Gasteiger partial charge in [0.1, 0.15) is 17.0 Å². The number of H-pyrrole nitrogens is 1. The summed E-state index contributed by atoms with van der Waals surface area (Å²) < 4.78 is 5.84. The number of hydrogen-bond donors (Lipinski definition) is 2. The highest BCUT2D eigenvalue weighted by Crippen LogP contribution is 2.22. The van der Waals surface area contributed by atoms with Gasteiger partial charge in [-0.2, -0.15) is 10.1 Å². The first-order chi connectivity index (χ1) is 14.3. The van der Waals surface area contributed by atoms with Gasteiger partial charge in [-0.15, -0.1) is 10.2 Å². The van der Waals surface area contributed by atoms with E-state index in [0.29, 0.717) is 11.6 Å². The average Bonchev–Trinajstić information content (AvgIpc) is 3.13. The number of hydrogen-bond acceptors (Lipinski definition) is 6. The summed E-state index contributed by atoms with van der Waals surface area (Å²) >= 11 is 0. The fourth-order valence-electron chi connectivity index (χ4n) is 3.02. The van der Waals surface area contributed by atoms with Gasteiger partial charge in [0.05, 0.1) is 6.21 Å². The number of nitrogens with one attached hydrogen (secondary N) is 2. The van der Waals surface area contributed by atoms with E-state index in [1.807, 2.05) is 78.9 Å². The molecule has 2 heterocycles. The SMILES string of the molecule is C(=N\Nc1nnc2c(n1)[nH]c1ccccc12)/c1cccc(Oc2ccccc2)c1. The third kappa shape index (κ3) is 3.61. The monoisotopic (exact) mass is 380 g/mol. The molecular formula is C22H16N6O. The summed E-state index contributed by atoms with van der Waals surface area (Å²) in [7, 11) is 0. The number of fused-ring (bicyclic) bond motifs is 3. The molecule has 29 heavy (non-hydrogen) atoms. The maximum absolute atomic E-state index is 5.84.